The average Bonchev–Trinajstić information content (AvgIpc) is 2.28. The molecule has 1 aliphatic heterocycles. The first kappa shape index (κ1) is 12.7. The topological polar surface area (TPSA) is 64.4 Å². The Morgan fingerprint density at radius 3 is 2.33 bits per heavy atom. The first-order chi connectivity index (χ1) is 8.58. The number of nitro benzene ring substituents is 1. The molecule has 1 saturated heterocycles. The molecule has 0 unspecified atom stereocenters. The monoisotopic (exact) mass is 258 g/mol. The molecule has 0 amide bonds. The lowest BCUT2D eigenvalue weighted by Gasteiger charge is -2.23. The van der Waals surface area contributed by atoms with E-state index in [1.54, 1.807) is 0 Å². The Bertz CT molecular complexity index is 439. The third-order valence-corrected chi connectivity index (χ3v) is 2.76. The number of piperidine rings is 1. The molecule has 1 aliphatic rings. The van der Waals surface area contributed by atoms with Crippen LogP contribution in [-0.4, -0.2) is 24.1 Å². The third kappa shape index (κ3) is 2.73. The van der Waals surface area contributed by atoms with Crippen molar-refractivity contribution in [3.63, 3.8) is 0 Å². The summed E-state index contributed by atoms with van der Waals surface area (Å²) in [4.78, 5) is 9.34. The summed E-state index contributed by atoms with van der Waals surface area (Å²) < 4.78 is 32.1. The summed E-state index contributed by atoms with van der Waals surface area (Å²) in [5.74, 6) is -2.45. The Kier molecular flexibility index (Phi) is 3.71. The zero-order chi connectivity index (χ0) is 13.1. The van der Waals surface area contributed by atoms with Gasteiger partial charge in [0.1, 0.15) is 11.9 Å². The average molecular weight is 258 g/mol. The van der Waals surface area contributed by atoms with Gasteiger partial charge in [-0.2, -0.15) is 8.78 Å². The molecule has 1 N–H and O–H groups in total. The van der Waals surface area contributed by atoms with Crippen LogP contribution in [0.4, 0.5) is 14.5 Å². The molecule has 98 valence electrons. The normalized spacial score (nSPS) is 16.6. The number of hydrogen-bond acceptors (Lipinski definition) is 4. The highest BCUT2D eigenvalue weighted by atomic mass is 19.1. The van der Waals surface area contributed by atoms with Crippen LogP contribution in [0.25, 0.3) is 0 Å². The number of nitrogens with one attached hydrogen (secondary N) is 1. The highest BCUT2D eigenvalue weighted by Crippen LogP contribution is 2.27. The fraction of sp³-hybridized carbons (Fsp3) is 0.455. The molecule has 0 aromatic heterocycles. The third-order valence-electron chi connectivity index (χ3n) is 2.76. The maximum Gasteiger partial charge on any atom is 0.340 e. The summed E-state index contributed by atoms with van der Waals surface area (Å²) >= 11 is 0. The fourth-order valence-corrected chi connectivity index (χ4v) is 1.89. The van der Waals surface area contributed by atoms with Crippen LogP contribution in [0.1, 0.15) is 12.8 Å². The van der Waals surface area contributed by atoms with Crippen molar-refractivity contribution in [2.24, 2.45) is 0 Å². The van der Waals surface area contributed by atoms with Gasteiger partial charge in [0, 0.05) is 12.1 Å². The van der Waals surface area contributed by atoms with E-state index in [1.807, 2.05) is 0 Å². The molecular weight excluding hydrogens is 246 g/mol. The lowest BCUT2D eigenvalue weighted by Crippen LogP contribution is -2.34. The predicted molar refractivity (Wildman–Crippen MR) is 59.5 cm³/mol. The number of nitro groups is 1. The molecule has 0 aliphatic carbocycles. The number of rotatable bonds is 3. The Balaban J connectivity index is 2.17. The van der Waals surface area contributed by atoms with Crippen LogP contribution in [0.3, 0.4) is 0 Å². The summed E-state index contributed by atoms with van der Waals surface area (Å²) in [7, 11) is 0. The van der Waals surface area contributed by atoms with Gasteiger partial charge < -0.3 is 10.1 Å². The van der Waals surface area contributed by atoms with E-state index in [2.05, 4.69) is 5.32 Å². The van der Waals surface area contributed by atoms with Gasteiger partial charge in [0.15, 0.2) is 0 Å². The van der Waals surface area contributed by atoms with Gasteiger partial charge in [0.25, 0.3) is 0 Å². The molecule has 1 heterocycles. The zero-order valence-corrected chi connectivity index (χ0v) is 9.49. The van der Waals surface area contributed by atoms with Crippen molar-refractivity contribution in [3.8, 4) is 5.75 Å². The number of halogens is 2. The second-order valence-corrected chi connectivity index (χ2v) is 4.06. The second-order valence-electron chi connectivity index (χ2n) is 4.06. The van der Waals surface area contributed by atoms with Crippen LogP contribution in [0.5, 0.6) is 5.75 Å². The molecule has 0 atom stereocenters. The molecule has 0 saturated carbocycles. The van der Waals surface area contributed by atoms with E-state index in [4.69, 9.17) is 4.74 Å². The van der Waals surface area contributed by atoms with Gasteiger partial charge in [-0.15, -0.1) is 0 Å². The van der Waals surface area contributed by atoms with E-state index in [9.17, 15) is 18.9 Å². The smallest absolute Gasteiger partial charge is 0.340 e. The number of ether oxygens (including phenoxy) is 1. The van der Waals surface area contributed by atoms with Crippen molar-refractivity contribution in [3.05, 3.63) is 33.9 Å². The van der Waals surface area contributed by atoms with Crippen molar-refractivity contribution in [2.75, 3.05) is 13.1 Å². The van der Waals surface area contributed by atoms with Crippen LogP contribution in [0.2, 0.25) is 0 Å². The minimum Gasteiger partial charge on any atom is -0.490 e. The lowest BCUT2D eigenvalue weighted by atomic mass is 10.1. The quantitative estimate of drug-likeness (QED) is 0.665. The molecule has 0 radical (unpaired) electrons. The standard InChI is InChI=1S/C11H12F2N2O3/c12-9-5-8(6-10(13)11(9)15(16)17)18-7-1-3-14-4-2-7/h5-7,14H,1-4H2. The van der Waals surface area contributed by atoms with Gasteiger partial charge in [-0.25, -0.2) is 0 Å². The molecule has 1 aromatic rings. The molecule has 0 bridgehead atoms. The van der Waals surface area contributed by atoms with Crippen molar-refractivity contribution < 1.29 is 18.4 Å². The summed E-state index contributed by atoms with van der Waals surface area (Å²) in [5.41, 5.74) is -1.15. The van der Waals surface area contributed by atoms with Crippen molar-refractivity contribution in [1.82, 2.24) is 5.32 Å². The molecule has 1 fully saturated rings. The van der Waals surface area contributed by atoms with E-state index in [0.717, 1.165) is 38.1 Å². The Morgan fingerprint density at radius 1 is 1.28 bits per heavy atom. The Labute approximate surface area is 102 Å². The molecular formula is C11H12F2N2O3. The van der Waals surface area contributed by atoms with Crippen LogP contribution in [0.15, 0.2) is 12.1 Å². The predicted octanol–water partition coefficient (Wildman–Crippen LogP) is 2.00. The number of nitrogens with zero attached hydrogens (tertiary/aromatic N) is 1. The summed E-state index contributed by atoms with van der Waals surface area (Å²) in [5, 5.41) is 13.6. The molecule has 5 nitrogen and oxygen atoms in total. The molecule has 0 spiro atoms. The first-order valence-electron chi connectivity index (χ1n) is 5.58. The number of hydrogen-bond donors (Lipinski definition) is 1. The van der Waals surface area contributed by atoms with Gasteiger partial charge in [-0.3, -0.25) is 10.1 Å². The van der Waals surface area contributed by atoms with Gasteiger partial charge in [-0.1, -0.05) is 0 Å². The summed E-state index contributed by atoms with van der Waals surface area (Å²) in [6.07, 6.45) is 1.35. The second kappa shape index (κ2) is 5.26. The number of benzene rings is 1. The maximum atomic E-state index is 13.3. The van der Waals surface area contributed by atoms with Gasteiger partial charge in [0.2, 0.25) is 11.6 Å². The lowest BCUT2D eigenvalue weighted by molar-refractivity contribution is -0.390. The summed E-state index contributed by atoms with van der Waals surface area (Å²) in [6, 6.07) is 1.70. The van der Waals surface area contributed by atoms with Crippen molar-refractivity contribution in [1.29, 1.82) is 0 Å². The Morgan fingerprint density at radius 2 is 1.83 bits per heavy atom. The SMILES string of the molecule is O=[N+]([O-])c1c(F)cc(OC2CCNCC2)cc1F. The highest BCUT2D eigenvalue weighted by molar-refractivity contribution is 5.39. The largest absolute Gasteiger partial charge is 0.490 e. The fourth-order valence-electron chi connectivity index (χ4n) is 1.89. The minimum absolute atomic E-state index is 0.0116. The first-order valence-corrected chi connectivity index (χ1v) is 5.58. The zero-order valence-electron chi connectivity index (χ0n) is 9.49. The molecule has 7 heteroatoms. The van der Waals surface area contributed by atoms with Crippen LogP contribution in [0, 0.1) is 21.7 Å². The summed E-state index contributed by atoms with van der Waals surface area (Å²) in [6.45, 7) is 1.56. The van der Waals surface area contributed by atoms with Crippen LogP contribution >= 0.6 is 0 Å². The molecule has 2 rings (SSSR count). The van der Waals surface area contributed by atoms with Crippen LogP contribution < -0.4 is 10.1 Å². The van der Waals surface area contributed by atoms with Crippen LogP contribution in [-0.2, 0) is 0 Å². The maximum absolute atomic E-state index is 13.3. The van der Waals surface area contributed by atoms with Crippen molar-refractivity contribution >= 4 is 5.69 Å². The molecule has 18 heavy (non-hydrogen) atoms. The Hall–Kier alpha value is -1.76. The van der Waals surface area contributed by atoms with E-state index in [-0.39, 0.29) is 11.9 Å². The minimum atomic E-state index is -1.22. The van der Waals surface area contributed by atoms with E-state index in [1.165, 1.54) is 0 Å². The van der Waals surface area contributed by atoms with Gasteiger partial charge >= 0.3 is 5.69 Å². The van der Waals surface area contributed by atoms with E-state index >= 15 is 0 Å². The van der Waals surface area contributed by atoms with E-state index in [0.29, 0.717) is 0 Å². The van der Waals surface area contributed by atoms with Crippen molar-refractivity contribution in [2.45, 2.75) is 18.9 Å². The van der Waals surface area contributed by atoms with Gasteiger partial charge in [-0.05, 0) is 25.9 Å². The highest BCUT2D eigenvalue weighted by Gasteiger charge is 2.23. The van der Waals surface area contributed by atoms with Gasteiger partial charge in [0.05, 0.1) is 4.92 Å². The van der Waals surface area contributed by atoms with E-state index < -0.39 is 22.2 Å². The molecule has 1 aromatic carbocycles.